The van der Waals surface area contributed by atoms with Crippen LogP contribution in [0.2, 0.25) is 0 Å². The summed E-state index contributed by atoms with van der Waals surface area (Å²) in [6, 6.07) is 5.84. The van der Waals surface area contributed by atoms with Gasteiger partial charge in [0.05, 0.1) is 0 Å². The summed E-state index contributed by atoms with van der Waals surface area (Å²) in [7, 11) is 0. The summed E-state index contributed by atoms with van der Waals surface area (Å²) < 4.78 is 0. The van der Waals surface area contributed by atoms with Crippen LogP contribution in [0, 0.1) is 0 Å². The van der Waals surface area contributed by atoms with E-state index in [1.165, 1.54) is 0 Å². The van der Waals surface area contributed by atoms with Crippen molar-refractivity contribution in [2.24, 2.45) is 0 Å². The highest BCUT2D eigenvalue weighted by molar-refractivity contribution is 5.96. The Hall–Kier alpha value is -1.83. The second-order valence-electron chi connectivity index (χ2n) is 3.93. The molecule has 0 fully saturated rings. The molecule has 16 heavy (non-hydrogen) atoms. The Morgan fingerprint density at radius 2 is 2.38 bits per heavy atom. The number of hydrogen-bond acceptors (Lipinski definition) is 2. The van der Waals surface area contributed by atoms with E-state index in [-0.39, 0.29) is 5.78 Å². The first-order valence-electron chi connectivity index (χ1n) is 5.39. The van der Waals surface area contributed by atoms with Crippen LogP contribution in [0.15, 0.2) is 36.9 Å². The molecule has 0 unspecified atom stereocenters. The lowest BCUT2D eigenvalue weighted by molar-refractivity contribution is 0.101. The summed E-state index contributed by atoms with van der Waals surface area (Å²) in [4.78, 5) is 13.5. The van der Waals surface area contributed by atoms with Gasteiger partial charge in [-0.1, -0.05) is 30.4 Å². The molecule has 1 aliphatic rings. The second kappa shape index (κ2) is 4.35. The van der Waals surface area contributed by atoms with Gasteiger partial charge in [-0.25, -0.2) is 0 Å². The predicted molar refractivity (Wildman–Crippen MR) is 67.9 cm³/mol. The Kier molecular flexibility index (Phi) is 2.91. The van der Waals surface area contributed by atoms with Crippen LogP contribution in [-0.4, -0.2) is 18.9 Å². The number of Topliss-reactive ketones (excluding diaryl/α,β-unsaturated/α-hetero) is 1. The van der Waals surface area contributed by atoms with Crippen LogP contribution in [0.3, 0.4) is 0 Å². The fraction of sp³-hybridized carbons (Fsp3) is 0.214. The number of carbonyl (C=O) groups excluding carboxylic acids is 1. The van der Waals surface area contributed by atoms with Crippen LogP contribution in [0.5, 0.6) is 0 Å². The minimum atomic E-state index is 0.107. The van der Waals surface area contributed by atoms with Gasteiger partial charge >= 0.3 is 0 Å². The van der Waals surface area contributed by atoms with Crippen LogP contribution in [0.1, 0.15) is 22.8 Å². The summed E-state index contributed by atoms with van der Waals surface area (Å²) in [5.74, 6) is 0.107. The van der Waals surface area contributed by atoms with E-state index in [0.29, 0.717) is 0 Å². The Bertz CT molecular complexity index is 460. The van der Waals surface area contributed by atoms with Gasteiger partial charge in [-0.2, -0.15) is 0 Å². The lowest BCUT2D eigenvalue weighted by Crippen LogP contribution is -2.26. The molecule has 2 rings (SSSR count). The molecule has 0 radical (unpaired) electrons. The number of fused-ring (bicyclic) bond motifs is 1. The van der Waals surface area contributed by atoms with E-state index in [1.54, 1.807) is 6.92 Å². The summed E-state index contributed by atoms with van der Waals surface area (Å²) in [5, 5.41) is 0. The summed E-state index contributed by atoms with van der Waals surface area (Å²) in [6.45, 7) is 7.03. The van der Waals surface area contributed by atoms with Gasteiger partial charge in [-0.05, 0) is 18.6 Å². The molecule has 1 aromatic rings. The fourth-order valence-electron chi connectivity index (χ4n) is 1.91. The monoisotopic (exact) mass is 213 g/mol. The highest BCUT2D eigenvalue weighted by Crippen LogP contribution is 2.27. The summed E-state index contributed by atoms with van der Waals surface area (Å²) in [6.07, 6.45) is 6.10. The lowest BCUT2D eigenvalue weighted by atomic mass is 10.0. The van der Waals surface area contributed by atoms with Crippen molar-refractivity contribution in [1.82, 2.24) is 0 Å². The molecule has 1 heterocycles. The molecule has 0 aromatic heterocycles. The Morgan fingerprint density at radius 1 is 1.56 bits per heavy atom. The normalized spacial score (nSPS) is 13.4. The molecule has 0 aliphatic carbocycles. The van der Waals surface area contributed by atoms with Gasteiger partial charge in [0.1, 0.15) is 0 Å². The number of nitrogens with zero attached hydrogens (tertiary/aromatic N) is 1. The maximum atomic E-state index is 11.3. The summed E-state index contributed by atoms with van der Waals surface area (Å²) >= 11 is 0. The Morgan fingerprint density at radius 3 is 3.06 bits per heavy atom. The van der Waals surface area contributed by atoms with Gasteiger partial charge in [0.25, 0.3) is 0 Å². The van der Waals surface area contributed by atoms with E-state index < -0.39 is 0 Å². The number of anilines is 1. The highest BCUT2D eigenvalue weighted by atomic mass is 16.1. The molecule has 0 spiro atoms. The van der Waals surface area contributed by atoms with E-state index in [9.17, 15) is 4.79 Å². The number of hydrogen-bond donors (Lipinski definition) is 0. The van der Waals surface area contributed by atoms with Crippen molar-refractivity contribution < 1.29 is 4.79 Å². The molecule has 0 saturated carbocycles. The predicted octanol–water partition coefficient (Wildman–Crippen LogP) is 2.91. The van der Waals surface area contributed by atoms with Crippen molar-refractivity contribution >= 4 is 17.5 Å². The fourth-order valence-corrected chi connectivity index (χ4v) is 1.91. The molecule has 0 N–H and O–H groups in total. The number of carbonyl (C=O) groups is 1. The third kappa shape index (κ3) is 1.91. The van der Waals surface area contributed by atoms with E-state index >= 15 is 0 Å². The van der Waals surface area contributed by atoms with E-state index in [4.69, 9.17) is 0 Å². The minimum absolute atomic E-state index is 0.107. The topological polar surface area (TPSA) is 20.3 Å². The number of rotatable bonds is 3. The SMILES string of the molecule is C=CCN1CC=Cc2ccc(C(C)=O)cc21. The first-order valence-corrected chi connectivity index (χ1v) is 5.39. The van der Waals surface area contributed by atoms with Gasteiger partial charge in [-0.3, -0.25) is 4.79 Å². The second-order valence-corrected chi connectivity index (χ2v) is 3.93. The molecule has 0 atom stereocenters. The summed E-state index contributed by atoms with van der Waals surface area (Å²) in [5.41, 5.74) is 3.05. The molecule has 82 valence electrons. The molecule has 0 saturated heterocycles. The third-order valence-electron chi connectivity index (χ3n) is 2.75. The Balaban J connectivity index is 2.44. The van der Waals surface area contributed by atoms with Crippen LogP contribution >= 0.6 is 0 Å². The molecular formula is C14H15NO. The van der Waals surface area contributed by atoms with Gasteiger partial charge in [0, 0.05) is 24.3 Å². The van der Waals surface area contributed by atoms with Gasteiger partial charge in [0.2, 0.25) is 0 Å². The Labute approximate surface area is 95.9 Å². The van der Waals surface area contributed by atoms with E-state index in [2.05, 4.69) is 23.6 Å². The van der Waals surface area contributed by atoms with Crippen LogP contribution in [0.25, 0.3) is 6.08 Å². The van der Waals surface area contributed by atoms with Gasteiger partial charge in [0.15, 0.2) is 5.78 Å². The van der Waals surface area contributed by atoms with Crippen molar-refractivity contribution in [2.75, 3.05) is 18.0 Å². The number of benzene rings is 1. The molecule has 2 nitrogen and oxygen atoms in total. The van der Waals surface area contributed by atoms with E-state index in [1.807, 2.05) is 24.3 Å². The van der Waals surface area contributed by atoms with Crippen LogP contribution < -0.4 is 4.90 Å². The average Bonchev–Trinajstić information content (AvgIpc) is 2.29. The zero-order valence-corrected chi connectivity index (χ0v) is 9.44. The first-order chi connectivity index (χ1) is 7.72. The molecule has 0 amide bonds. The van der Waals surface area contributed by atoms with Crippen molar-refractivity contribution in [2.45, 2.75) is 6.92 Å². The standard InChI is InChI=1S/C14H15NO/c1-3-8-15-9-4-5-12-6-7-13(11(2)16)10-14(12)15/h3-7,10H,1,8-9H2,2H3. The highest BCUT2D eigenvalue weighted by Gasteiger charge is 2.13. The zero-order valence-electron chi connectivity index (χ0n) is 9.44. The smallest absolute Gasteiger partial charge is 0.159 e. The molecule has 2 heteroatoms. The quantitative estimate of drug-likeness (QED) is 0.568. The van der Waals surface area contributed by atoms with Crippen molar-refractivity contribution in [1.29, 1.82) is 0 Å². The van der Waals surface area contributed by atoms with Crippen molar-refractivity contribution in [3.63, 3.8) is 0 Å². The molecular weight excluding hydrogens is 198 g/mol. The molecule has 1 aliphatic heterocycles. The molecule has 1 aromatic carbocycles. The minimum Gasteiger partial charge on any atom is -0.364 e. The molecule has 0 bridgehead atoms. The third-order valence-corrected chi connectivity index (χ3v) is 2.75. The lowest BCUT2D eigenvalue weighted by Gasteiger charge is -2.27. The number of ketones is 1. The van der Waals surface area contributed by atoms with Crippen molar-refractivity contribution in [3.8, 4) is 0 Å². The van der Waals surface area contributed by atoms with Crippen molar-refractivity contribution in [3.05, 3.63) is 48.1 Å². The van der Waals surface area contributed by atoms with Crippen LogP contribution in [-0.2, 0) is 0 Å². The van der Waals surface area contributed by atoms with E-state index in [0.717, 1.165) is 29.9 Å². The van der Waals surface area contributed by atoms with Crippen LogP contribution in [0.4, 0.5) is 5.69 Å². The van der Waals surface area contributed by atoms with Gasteiger partial charge in [-0.15, -0.1) is 6.58 Å². The first kappa shape index (κ1) is 10.7. The zero-order chi connectivity index (χ0) is 11.5. The maximum Gasteiger partial charge on any atom is 0.159 e. The maximum absolute atomic E-state index is 11.3. The largest absolute Gasteiger partial charge is 0.364 e. The average molecular weight is 213 g/mol. The van der Waals surface area contributed by atoms with Gasteiger partial charge < -0.3 is 4.90 Å².